The van der Waals surface area contributed by atoms with Gasteiger partial charge in [-0.15, -0.1) is 0 Å². The molecule has 3 rings (SSSR count). The lowest BCUT2D eigenvalue weighted by atomic mass is 10.1. The van der Waals surface area contributed by atoms with Crippen molar-refractivity contribution in [3.63, 3.8) is 0 Å². The molecular weight excluding hydrogens is 310 g/mol. The van der Waals surface area contributed by atoms with Crippen molar-refractivity contribution < 1.29 is 0 Å². The predicted octanol–water partition coefficient (Wildman–Crippen LogP) is 3.11. The number of hydrogen-bond acceptors (Lipinski definition) is 2. The third kappa shape index (κ3) is 4.23. The Morgan fingerprint density at radius 1 is 0.960 bits per heavy atom. The summed E-state index contributed by atoms with van der Waals surface area (Å²) in [7, 11) is 0. The molecule has 0 atom stereocenters. The zero-order chi connectivity index (χ0) is 17.6. The van der Waals surface area contributed by atoms with Crippen LogP contribution in [0.25, 0.3) is 0 Å². The van der Waals surface area contributed by atoms with E-state index in [-0.39, 0.29) is 11.4 Å². The van der Waals surface area contributed by atoms with E-state index in [9.17, 15) is 4.79 Å². The molecule has 0 unspecified atom stereocenters. The van der Waals surface area contributed by atoms with Gasteiger partial charge in [0, 0.05) is 6.20 Å². The van der Waals surface area contributed by atoms with Crippen LogP contribution in [0.15, 0.2) is 82.7 Å². The van der Waals surface area contributed by atoms with E-state index in [1.54, 1.807) is 16.8 Å². The quantitative estimate of drug-likeness (QED) is 0.577. The molecule has 0 amide bonds. The molecule has 4 heteroatoms. The molecule has 2 aromatic carbocycles. The Kier molecular flexibility index (Phi) is 5.09. The van der Waals surface area contributed by atoms with Crippen molar-refractivity contribution in [2.45, 2.75) is 20.0 Å². The summed E-state index contributed by atoms with van der Waals surface area (Å²) >= 11 is 0. The van der Waals surface area contributed by atoms with Gasteiger partial charge in [0.15, 0.2) is 0 Å². The third-order valence-electron chi connectivity index (χ3n) is 4.04. The van der Waals surface area contributed by atoms with E-state index in [2.05, 4.69) is 4.99 Å². The minimum atomic E-state index is -0.128. The lowest BCUT2D eigenvalue weighted by Gasteiger charge is -2.08. The maximum Gasteiger partial charge on any atom is 0.261 e. The van der Waals surface area contributed by atoms with Gasteiger partial charge in [-0.1, -0.05) is 60.2 Å². The number of pyridine rings is 1. The van der Waals surface area contributed by atoms with E-state index < -0.39 is 0 Å². The third-order valence-corrected chi connectivity index (χ3v) is 4.04. The Bertz CT molecular complexity index is 925. The van der Waals surface area contributed by atoms with Gasteiger partial charge in [-0.3, -0.25) is 9.79 Å². The Labute approximate surface area is 147 Å². The van der Waals surface area contributed by atoms with Gasteiger partial charge in [0.2, 0.25) is 0 Å². The lowest BCUT2D eigenvalue weighted by Crippen LogP contribution is -2.30. The van der Waals surface area contributed by atoms with Crippen LogP contribution in [0.5, 0.6) is 0 Å². The number of aliphatic imine (C=N–C) groups is 1. The molecule has 0 spiro atoms. The van der Waals surface area contributed by atoms with Crippen LogP contribution in [0.1, 0.15) is 22.3 Å². The highest BCUT2D eigenvalue weighted by Crippen LogP contribution is 2.05. The average Bonchev–Trinajstić information content (AvgIpc) is 2.63. The van der Waals surface area contributed by atoms with E-state index in [1.807, 2.05) is 67.6 Å². The second-order valence-electron chi connectivity index (χ2n) is 6.03. The van der Waals surface area contributed by atoms with Crippen LogP contribution in [0, 0.1) is 6.92 Å². The molecule has 0 aliphatic carbocycles. The summed E-state index contributed by atoms with van der Waals surface area (Å²) in [6, 6.07) is 21.5. The predicted molar refractivity (Wildman–Crippen MR) is 102 cm³/mol. The van der Waals surface area contributed by atoms with Crippen molar-refractivity contribution in [2.75, 3.05) is 0 Å². The molecule has 0 bridgehead atoms. The highest BCUT2D eigenvalue weighted by Gasteiger charge is 2.07. The van der Waals surface area contributed by atoms with Crippen LogP contribution < -0.4 is 11.3 Å². The first kappa shape index (κ1) is 16.7. The first-order chi connectivity index (χ1) is 12.1. The first-order valence-corrected chi connectivity index (χ1v) is 8.23. The minimum Gasteiger partial charge on any atom is -0.383 e. The standard InChI is InChI=1S/C21H21N3O/c1-16-9-11-17(12-10-16)14-23-20(22)19-8-5-13-24(21(19)25)15-18-6-3-2-4-7-18/h2-13H,14-15H2,1H3,(H2,22,23). The summed E-state index contributed by atoms with van der Waals surface area (Å²) in [5.74, 6) is 0.271. The van der Waals surface area contributed by atoms with Crippen LogP contribution in [0.2, 0.25) is 0 Å². The molecule has 126 valence electrons. The summed E-state index contributed by atoms with van der Waals surface area (Å²) < 4.78 is 1.65. The highest BCUT2D eigenvalue weighted by atomic mass is 16.1. The van der Waals surface area contributed by atoms with Gasteiger partial charge in [-0.25, -0.2) is 0 Å². The molecule has 25 heavy (non-hydrogen) atoms. The Morgan fingerprint density at radius 2 is 1.68 bits per heavy atom. The van der Waals surface area contributed by atoms with Gasteiger partial charge in [-0.2, -0.15) is 0 Å². The van der Waals surface area contributed by atoms with E-state index in [1.165, 1.54) is 5.56 Å². The Morgan fingerprint density at radius 3 is 2.40 bits per heavy atom. The fraction of sp³-hybridized carbons (Fsp3) is 0.143. The van der Waals surface area contributed by atoms with Crippen LogP contribution in [0.3, 0.4) is 0 Å². The van der Waals surface area contributed by atoms with E-state index in [0.29, 0.717) is 18.7 Å². The SMILES string of the molecule is Cc1ccc(CN=C(N)c2cccn(Cc3ccccc3)c2=O)cc1. The summed E-state index contributed by atoms with van der Waals surface area (Å²) in [5.41, 5.74) is 9.71. The molecule has 1 heterocycles. The summed E-state index contributed by atoms with van der Waals surface area (Å²) in [4.78, 5) is 17.1. The summed E-state index contributed by atoms with van der Waals surface area (Å²) in [6.45, 7) is 3.01. The van der Waals surface area contributed by atoms with Gasteiger partial charge < -0.3 is 10.3 Å². The smallest absolute Gasteiger partial charge is 0.261 e. The number of hydrogen-bond donors (Lipinski definition) is 1. The number of aromatic nitrogens is 1. The molecule has 0 aliphatic heterocycles. The number of rotatable bonds is 5. The lowest BCUT2D eigenvalue weighted by molar-refractivity contribution is 0.757. The van der Waals surface area contributed by atoms with Gasteiger partial charge in [0.05, 0.1) is 18.7 Å². The fourth-order valence-corrected chi connectivity index (χ4v) is 2.59. The van der Waals surface area contributed by atoms with Crippen LogP contribution in [0.4, 0.5) is 0 Å². The Hall–Kier alpha value is -3.14. The van der Waals surface area contributed by atoms with Gasteiger partial charge in [-0.05, 0) is 30.2 Å². The highest BCUT2D eigenvalue weighted by molar-refractivity contribution is 5.97. The first-order valence-electron chi connectivity index (χ1n) is 8.23. The maximum absolute atomic E-state index is 12.7. The maximum atomic E-state index is 12.7. The molecule has 0 radical (unpaired) electrons. The molecule has 0 fully saturated rings. The van der Waals surface area contributed by atoms with Crippen molar-refractivity contribution in [1.29, 1.82) is 0 Å². The van der Waals surface area contributed by atoms with Gasteiger partial charge >= 0.3 is 0 Å². The molecule has 2 N–H and O–H groups in total. The number of benzene rings is 2. The number of nitrogens with zero attached hydrogens (tertiary/aromatic N) is 2. The zero-order valence-electron chi connectivity index (χ0n) is 14.2. The normalized spacial score (nSPS) is 11.5. The molecule has 1 aromatic heterocycles. The van der Waals surface area contributed by atoms with E-state index in [0.717, 1.165) is 11.1 Å². The fourth-order valence-electron chi connectivity index (χ4n) is 2.59. The number of aryl methyl sites for hydroxylation is 1. The van der Waals surface area contributed by atoms with Gasteiger partial charge in [0.1, 0.15) is 5.84 Å². The van der Waals surface area contributed by atoms with Crippen molar-refractivity contribution >= 4 is 5.84 Å². The average molecular weight is 331 g/mol. The second kappa shape index (κ2) is 7.62. The minimum absolute atomic E-state index is 0.128. The van der Waals surface area contributed by atoms with Crippen molar-refractivity contribution in [3.05, 3.63) is 106 Å². The van der Waals surface area contributed by atoms with Gasteiger partial charge in [0.25, 0.3) is 5.56 Å². The molecule has 0 saturated heterocycles. The largest absolute Gasteiger partial charge is 0.383 e. The number of nitrogens with two attached hydrogens (primary N) is 1. The second-order valence-corrected chi connectivity index (χ2v) is 6.03. The molecule has 0 saturated carbocycles. The van der Waals surface area contributed by atoms with Crippen molar-refractivity contribution in [3.8, 4) is 0 Å². The van der Waals surface area contributed by atoms with Crippen molar-refractivity contribution in [2.24, 2.45) is 10.7 Å². The van der Waals surface area contributed by atoms with E-state index >= 15 is 0 Å². The monoisotopic (exact) mass is 331 g/mol. The molecule has 4 nitrogen and oxygen atoms in total. The zero-order valence-corrected chi connectivity index (χ0v) is 14.2. The van der Waals surface area contributed by atoms with E-state index in [4.69, 9.17) is 5.73 Å². The summed E-state index contributed by atoms with van der Waals surface area (Å²) in [6.07, 6.45) is 1.77. The molecule has 3 aromatic rings. The van der Waals surface area contributed by atoms with Crippen molar-refractivity contribution in [1.82, 2.24) is 4.57 Å². The molecule has 0 aliphatic rings. The van der Waals surface area contributed by atoms with Crippen LogP contribution in [-0.4, -0.2) is 10.4 Å². The topological polar surface area (TPSA) is 60.4 Å². The van der Waals surface area contributed by atoms with Crippen LogP contribution in [-0.2, 0) is 13.1 Å². The van der Waals surface area contributed by atoms with Crippen LogP contribution >= 0.6 is 0 Å². The number of amidine groups is 1. The molecular formula is C21H21N3O. The Balaban J connectivity index is 1.82. The summed E-state index contributed by atoms with van der Waals surface area (Å²) in [5, 5.41) is 0.